The number of amidine groups is 1. The molecule has 1 aromatic carbocycles. The smallest absolute Gasteiger partial charge is 0.264 e. The topological polar surface area (TPSA) is 63.6 Å². The predicted molar refractivity (Wildman–Crippen MR) is 88.0 cm³/mol. The second kappa shape index (κ2) is 6.44. The maximum absolute atomic E-state index is 12.0. The van der Waals surface area contributed by atoms with E-state index in [2.05, 4.69) is 15.3 Å². The SMILES string of the molecule is COc1ccc(N=C2NC(=O)/C(=C/c3ccncc3)S2)cc1. The van der Waals surface area contributed by atoms with Crippen LogP contribution in [0.3, 0.4) is 0 Å². The quantitative estimate of drug-likeness (QED) is 0.885. The van der Waals surface area contributed by atoms with Gasteiger partial charge in [0.25, 0.3) is 5.91 Å². The molecule has 0 saturated carbocycles. The van der Waals surface area contributed by atoms with Gasteiger partial charge in [-0.05, 0) is 59.8 Å². The summed E-state index contributed by atoms with van der Waals surface area (Å²) < 4.78 is 5.10. The van der Waals surface area contributed by atoms with Gasteiger partial charge in [-0.1, -0.05) is 0 Å². The molecule has 110 valence electrons. The summed E-state index contributed by atoms with van der Waals surface area (Å²) in [6.07, 6.45) is 5.20. The zero-order valence-corrected chi connectivity index (χ0v) is 12.6. The highest BCUT2D eigenvalue weighted by molar-refractivity contribution is 8.18. The monoisotopic (exact) mass is 311 g/mol. The Kier molecular flexibility index (Phi) is 4.20. The molecule has 0 spiro atoms. The summed E-state index contributed by atoms with van der Waals surface area (Å²) in [5, 5.41) is 3.33. The Morgan fingerprint density at radius 2 is 1.91 bits per heavy atom. The normalized spacial score (nSPS) is 17.8. The number of carbonyl (C=O) groups is 1. The Bertz CT molecular complexity index is 740. The molecule has 0 atom stereocenters. The van der Waals surface area contributed by atoms with E-state index in [4.69, 9.17) is 4.74 Å². The molecule has 0 unspecified atom stereocenters. The van der Waals surface area contributed by atoms with Crippen LogP contribution < -0.4 is 10.1 Å². The van der Waals surface area contributed by atoms with Crippen LogP contribution in [0.2, 0.25) is 0 Å². The van der Waals surface area contributed by atoms with Crippen molar-refractivity contribution in [3.05, 3.63) is 59.3 Å². The Morgan fingerprint density at radius 1 is 1.18 bits per heavy atom. The number of rotatable bonds is 3. The van der Waals surface area contributed by atoms with Crippen LogP contribution in [0.5, 0.6) is 5.75 Å². The molecule has 5 nitrogen and oxygen atoms in total. The maximum Gasteiger partial charge on any atom is 0.264 e. The number of hydrogen-bond donors (Lipinski definition) is 1. The number of aromatic nitrogens is 1. The van der Waals surface area contributed by atoms with Gasteiger partial charge in [-0.3, -0.25) is 9.78 Å². The minimum Gasteiger partial charge on any atom is -0.497 e. The van der Waals surface area contributed by atoms with Crippen LogP contribution >= 0.6 is 11.8 Å². The fraction of sp³-hybridized carbons (Fsp3) is 0.0625. The molecule has 1 aliphatic heterocycles. The van der Waals surface area contributed by atoms with E-state index in [-0.39, 0.29) is 5.91 Å². The van der Waals surface area contributed by atoms with Crippen LogP contribution in [0.15, 0.2) is 58.7 Å². The van der Waals surface area contributed by atoms with E-state index in [1.165, 1.54) is 11.8 Å². The van der Waals surface area contributed by atoms with E-state index in [1.54, 1.807) is 19.5 Å². The molecule has 1 fully saturated rings. The largest absolute Gasteiger partial charge is 0.497 e. The average Bonchev–Trinajstić information content (AvgIpc) is 2.88. The lowest BCUT2D eigenvalue weighted by Gasteiger charge is -1.99. The second-order valence-electron chi connectivity index (χ2n) is 4.46. The summed E-state index contributed by atoms with van der Waals surface area (Å²) in [6, 6.07) is 11.0. The molecule has 0 aliphatic carbocycles. The summed E-state index contributed by atoms with van der Waals surface area (Å²) >= 11 is 1.32. The number of methoxy groups -OCH3 is 1. The lowest BCUT2D eigenvalue weighted by atomic mass is 10.2. The van der Waals surface area contributed by atoms with Crippen LogP contribution in [0, 0.1) is 0 Å². The van der Waals surface area contributed by atoms with Crippen molar-refractivity contribution in [2.75, 3.05) is 7.11 Å². The highest BCUT2D eigenvalue weighted by Crippen LogP contribution is 2.28. The summed E-state index contributed by atoms with van der Waals surface area (Å²) in [5.41, 5.74) is 1.69. The first-order valence-electron chi connectivity index (χ1n) is 6.58. The molecule has 1 N–H and O–H groups in total. The molecule has 2 aromatic rings. The zero-order chi connectivity index (χ0) is 15.4. The Labute approximate surface area is 132 Å². The fourth-order valence-electron chi connectivity index (χ4n) is 1.87. The van der Waals surface area contributed by atoms with Gasteiger partial charge in [0.15, 0.2) is 5.17 Å². The van der Waals surface area contributed by atoms with Crippen molar-refractivity contribution in [3.8, 4) is 5.75 Å². The molecule has 1 saturated heterocycles. The van der Waals surface area contributed by atoms with Gasteiger partial charge in [-0.15, -0.1) is 0 Å². The number of nitrogens with zero attached hydrogens (tertiary/aromatic N) is 2. The highest BCUT2D eigenvalue weighted by Gasteiger charge is 2.23. The van der Waals surface area contributed by atoms with E-state index in [1.807, 2.05) is 42.5 Å². The number of ether oxygens (including phenoxy) is 1. The van der Waals surface area contributed by atoms with Crippen molar-refractivity contribution in [1.82, 2.24) is 10.3 Å². The first-order valence-corrected chi connectivity index (χ1v) is 7.40. The second-order valence-corrected chi connectivity index (χ2v) is 5.49. The van der Waals surface area contributed by atoms with Crippen molar-refractivity contribution in [2.24, 2.45) is 4.99 Å². The van der Waals surface area contributed by atoms with Crippen LogP contribution in [0.25, 0.3) is 6.08 Å². The van der Waals surface area contributed by atoms with Gasteiger partial charge in [0, 0.05) is 12.4 Å². The van der Waals surface area contributed by atoms with Gasteiger partial charge in [0.05, 0.1) is 17.7 Å². The van der Waals surface area contributed by atoms with Crippen LogP contribution in [0.4, 0.5) is 5.69 Å². The third-order valence-corrected chi connectivity index (χ3v) is 3.87. The van der Waals surface area contributed by atoms with Gasteiger partial charge in [-0.25, -0.2) is 4.99 Å². The number of carbonyl (C=O) groups excluding carboxylic acids is 1. The number of thioether (sulfide) groups is 1. The van der Waals surface area contributed by atoms with Gasteiger partial charge in [0.1, 0.15) is 5.75 Å². The van der Waals surface area contributed by atoms with E-state index in [0.717, 1.165) is 17.0 Å². The lowest BCUT2D eigenvalue weighted by Crippen LogP contribution is -2.19. The summed E-state index contributed by atoms with van der Waals surface area (Å²) in [7, 11) is 1.62. The maximum atomic E-state index is 12.0. The Balaban J connectivity index is 1.79. The van der Waals surface area contributed by atoms with E-state index >= 15 is 0 Å². The Hall–Kier alpha value is -2.60. The van der Waals surface area contributed by atoms with Crippen LogP contribution in [0.1, 0.15) is 5.56 Å². The number of amides is 1. The molecule has 1 aromatic heterocycles. The van der Waals surface area contributed by atoms with E-state index < -0.39 is 0 Å². The lowest BCUT2D eigenvalue weighted by molar-refractivity contribution is -0.115. The van der Waals surface area contributed by atoms with Crippen molar-refractivity contribution in [3.63, 3.8) is 0 Å². The molecule has 22 heavy (non-hydrogen) atoms. The fourth-order valence-corrected chi connectivity index (χ4v) is 2.71. The number of nitrogens with one attached hydrogen (secondary N) is 1. The Morgan fingerprint density at radius 3 is 2.59 bits per heavy atom. The number of benzene rings is 1. The number of aliphatic imine (C=N–C) groups is 1. The molecular weight excluding hydrogens is 298 g/mol. The predicted octanol–water partition coefficient (Wildman–Crippen LogP) is 2.98. The van der Waals surface area contributed by atoms with Gasteiger partial charge in [-0.2, -0.15) is 0 Å². The third-order valence-electron chi connectivity index (χ3n) is 2.96. The molecule has 0 radical (unpaired) electrons. The van der Waals surface area contributed by atoms with Crippen molar-refractivity contribution in [1.29, 1.82) is 0 Å². The summed E-state index contributed by atoms with van der Waals surface area (Å²) in [5.74, 6) is 0.624. The van der Waals surface area contributed by atoms with E-state index in [0.29, 0.717) is 10.1 Å². The third kappa shape index (κ3) is 3.35. The van der Waals surface area contributed by atoms with Gasteiger partial charge >= 0.3 is 0 Å². The average molecular weight is 311 g/mol. The number of pyridine rings is 1. The van der Waals surface area contributed by atoms with Crippen molar-refractivity contribution < 1.29 is 9.53 Å². The molecule has 2 heterocycles. The minimum atomic E-state index is -0.144. The first kappa shape index (κ1) is 14.3. The standard InChI is InChI=1S/C16H13N3O2S/c1-21-13-4-2-12(3-5-13)18-16-19-15(20)14(22-16)10-11-6-8-17-9-7-11/h2-10H,1H3,(H,18,19,20)/b14-10-. The molecule has 6 heteroatoms. The molecule has 1 amide bonds. The van der Waals surface area contributed by atoms with Crippen molar-refractivity contribution >= 4 is 34.6 Å². The highest BCUT2D eigenvalue weighted by atomic mass is 32.2. The summed E-state index contributed by atoms with van der Waals surface area (Å²) in [6.45, 7) is 0. The van der Waals surface area contributed by atoms with Gasteiger partial charge in [0.2, 0.25) is 0 Å². The first-order chi connectivity index (χ1) is 10.7. The number of hydrogen-bond acceptors (Lipinski definition) is 5. The molecule has 0 bridgehead atoms. The molecule has 3 rings (SSSR count). The zero-order valence-electron chi connectivity index (χ0n) is 11.8. The summed E-state index contributed by atoms with van der Waals surface area (Å²) in [4.78, 5) is 20.9. The van der Waals surface area contributed by atoms with Crippen molar-refractivity contribution in [2.45, 2.75) is 0 Å². The van der Waals surface area contributed by atoms with Gasteiger partial charge < -0.3 is 10.1 Å². The minimum absolute atomic E-state index is 0.144. The molecular formula is C16H13N3O2S. The van der Waals surface area contributed by atoms with Crippen LogP contribution in [-0.2, 0) is 4.79 Å². The molecule has 1 aliphatic rings. The van der Waals surface area contributed by atoms with Crippen LogP contribution in [-0.4, -0.2) is 23.2 Å². The van der Waals surface area contributed by atoms with E-state index in [9.17, 15) is 4.79 Å².